The zero-order valence-corrected chi connectivity index (χ0v) is 10.0. The Bertz CT molecular complexity index is 437. The van der Waals surface area contributed by atoms with E-state index in [4.69, 9.17) is 11.6 Å². The predicted molar refractivity (Wildman–Crippen MR) is 66.8 cm³/mol. The van der Waals surface area contributed by atoms with Crippen molar-refractivity contribution in [2.45, 2.75) is 25.1 Å². The highest BCUT2D eigenvalue weighted by molar-refractivity contribution is 6.20. The van der Waals surface area contributed by atoms with Gasteiger partial charge in [0.25, 0.3) is 0 Å². The Morgan fingerprint density at radius 2 is 2.12 bits per heavy atom. The number of aryl methyl sites for hydroxylation is 1. The molecule has 0 aliphatic rings. The standard InChI is InChI=1S/C13H15ClN2/c1-10-4-2-3-5-11(10)8-12(14)9-13-15-6-7-16-13/h2-7,12H,8-9H2,1H3,(H,15,16). The number of hydrogen-bond acceptors (Lipinski definition) is 1. The van der Waals surface area contributed by atoms with Crippen molar-refractivity contribution in [2.24, 2.45) is 0 Å². The van der Waals surface area contributed by atoms with Gasteiger partial charge < -0.3 is 4.98 Å². The molecular formula is C13H15ClN2. The Morgan fingerprint density at radius 1 is 1.31 bits per heavy atom. The van der Waals surface area contributed by atoms with Crippen molar-refractivity contribution in [3.8, 4) is 0 Å². The summed E-state index contributed by atoms with van der Waals surface area (Å²) in [6.07, 6.45) is 5.25. The van der Waals surface area contributed by atoms with E-state index in [9.17, 15) is 0 Å². The van der Waals surface area contributed by atoms with Gasteiger partial charge in [0.1, 0.15) is 5.82 Å². The number of halogens is 1. The number of imidazole rings is 1. The molecule has 3 heteroatoms. The zero-order chi connectivity index (χ0) is 11.4. The first-order valence-electron chi connectivity index (χ1n) is 5.42. The van der Waals surface area contributed by atoms with Crippen molar-refractivity contribution in [3.05, 3.63) is 53.6 Å². The quantitative estimate of drug-likeness (QED) is 0.810. The van der Waals surface area contributed by atoms with Gasteiger partial charge in [-0.05, 0) is 24.5 Å². The molecule has 0 bridgehead atoms. The van der Waals surface area contributed by atoms with Crippen LogP contribution >= 0.6 is 11.6 Å². The number of aromatic amines is 1. The van der Waals surface area contributed by atoms with Crippen molar-refractivity contribution in [3.63, 3.8) is 0 Å². The Kier molecular flexibility index (Phi) is 3.62. The van der Waals surface area contributed by atoms with Crippen LogP contribution in [0.15, 0.2) is 36.7 Å². The molecule has 84 valence electrons. The largest absolute Gasteiger partial charge is 0.349 e. The lowest BCUT2D eigenvalue weighted by Gasteiger charge is -2.10. The summed E-state index contributed by atoms with van der Waals surface area (Å²) >= 11 is 6.32. The third-order valence-corrected chi connectivity index (χ3v) is 2.98. The molecule has 0 radical (unpaired) electrons. The second-order valence-electron chi connectivity index (χ2n) is 3.97. The zero-order valence-electron chi connectivity index (χ0n) is 9.28. The van der Waals surface area contributed by atoms with Crippen molar-refractivity contribution in [1.29, 1.82) is 0 Å². The van der Waals surface area contributed by atoms with E-state index >= 15 is 0 Å². The smallest absolute Gasteiger partial charge is 0.107 e. The molecule has 1 unspecified atom stereocenters. The molecule has 16 heavy (non-hydrogen) atoms. The topological polar surface area (TPSA) is 28.7 Å². The SMILES string of the molecule is Cc1ccccc1CC(Cl)Cc1ncc[nH]1. The molecular weight excluding hydrogens is 220 g/mol. The molecule has 0 spiro atoms. The lowest BCUT2D eigenvalue weighted by molar-refractivity contribution is 0.789. The van der Waals surface area contributed by atoms with E-state index in [1.54, 1.807) is 6.20 Å². The van der Waals surface area contributed by atoms with Gasteiger partial charge in [0.15, 0.2) is 0 Å². The summed E-state index contributed by atoms with van der Waals surface area (Å²) < 4.78 is 0. The number of alkyl halides is 1. The second kappa shape index (κ2) is 5.17. The molecule has 0 saturated heterocycles. The van der Waals surface area contributed by atoms with Crippen LogP contribution in [-0.4, -0.2) is 15.3 Å². The fraction of sp³-hybridized carbons (Fsp3) is 0.308. The molecule has 1 N–H and O–H groups in total. The van der Waals surface area contributed by atoms with Crippen LogP contribution in [0.5, 0.6) is 0 Å². The number of aromatic nitrogens is 2. The highest BCUT2D eigenvalue weighted by Gasteiger charge is 2.09. The minimum absolute atomic E-state index is 0.0900. The predicted octanol–water partition coefficient (Wildman–Crippen LogP) is 3.11. The minimum atomic E-state index is 0.0900. The highest BCUT2D eigenvalue weighted by Crippen LogP contribution is 2.15. The summed E-state index contributed by atoms with van der Waals surface area (Å²) in [5.74, 6) is 0.952. The van der Waals surface area contributed by atoms with Crippen LogP contribution in [-0.2, 0) is 12.8 Å². The van der Waals surface area contributed by atoms with E-state index in [1.165, 1.54) is 11.1 Å². The van der Waals surface area contributed by atoms with E-state index < -0.39 is 0 Å². The van der Waals surface area contributed by atoms with Crippen LogP contribution in [0.4, 0.5) is 0 Å². The van der Waals surface area contributed by atoms with Crippen LogP contribution in [0.3, 0.4) is 0 Å². The first-order chi connectivity index (χ1) is 7.75. The maximum atomic E-state index is 6.32. The molecule has 1 heterocycles. The maximum absolute atomic E-state index is 6.32. The molecule has 2 aromatic rings. The molecule has 2 nitrogen and oxygen atoms in total. The Labute approximate surface area is 101 Å². The first-order valence-corrected chi connectivity index (χ1v) is 5.86. The molecule has 1 atom stereocenters. The maximum Gasteiger partial charge on any atom is 0.107 e. The highest BCUT2D eigenvalue weighted by atomic mass is 35.5. The van der Waals surface area contributed by atoms with E-state index in [-0.39, 0.29) is 5.38 Å². The van der Waals surface area contributed by atoms with Crippen LogP contribution in [0, 0.1) is 6.92 Å². The average Bonchev–Trinajstić information content (AvgIpc) is 2.74. The van der Waals surface area contributed by atoms with Crippen LogP contribution < -0.4 is 0 Å². The lowest BCUT2D eigenvalue weighted by atomic mass is 10.0. The number of hydrogen-bond donors (Lipinski definition) is 1. The molecule has 1 aromatic heterocycles. The number of rotatable bonds is 4. The van der Waals surface area contributed by atoms with Gasteiger partial charge in [0.05, 0.1) is 0 Å². The van der Waals surface area contributed by atoms with Gasteiger partial charge in [-0.15, -0.1) is 11.6 Å². The van der Waals surface area contributed by atoms with Gasteiger partial charge in [0.2, 0.25) is 0 Å². The molecule has 0 fully saturated rings. The summed E-state index contributed by atoms with van der Waals surface area (Å²) in [6.45, 7) is 2.12. The summed E-state index contributed by atoms with van der Waals surface area (Å²) in [4.78, 5) is 7.25. The van der Waals surface area contributed by atoms with Crippen molar-refractivity contribution < 1.29 is 0 Å². The van der Waals surface area contributed by atoms with Gasteiger partial charge >= 0.3 is 0 Å². The van der Waals surface area contributed by atoms with E-state index in [0.29, 0.717) is 0 Å². The fourth-order valence-electron chi connectivity index (χ4n) is 1.77. The van der Waals surface area contributed by atoms with Crippen molar-refractivity contribution in [2.75, 3.05) is 0 Å². The van der Waals surface area contributed by atoms with Gasteiger partial charge in [-0.3, -0.25) is 0 Å². The fourth-order valence-corrected chi connectivity index (χ4v) is 2.08. The first kappa shape index (κ1) is 11.2. The third kappa shape index (κ3) is 2.86. The Balaban J connectivity index is 1.97. The number of nitrogens with one attached hydrogen (secondary N) is 1. The normalized spacial score (nSPS) is 12.6. The summed E-state index contributed by atoms with van der Waals surface area (Å²) in [7, 11) is 0. The van der Waals surface area contributed by atoms with Crippen LogP contribution in [0.1, 0.15) is 17.0 Å². The van der Waals surface area contributed by atoms with Gasteiger partial charge in [-0.2, -0.15) is 0 Å². The van der Waals surface area contributed by atoms with E-state index in [2.05, 4.69) is 41.2 Å². The lowest BCUT2D eigenvalue weighted by Crippen LogP contribution is -2.09. The number of nitrogens with zero attached hydrogens (tertiary/aromatic N) is 1. The number of H-pyrrole nitrogens is 1. The molecule has 0 aliphatic carbocycles. The van der Waals surface area contributed by atoms with Gasteiger partial charge in [-0.1, -0.05) is 24.3 Å². The monoisotopic (exact) mass is 234 g/mol. The summed E-state index contributed by atoms with van der Waals surface area (Å²) in [5, 5.41) is 0.0900. The van der Waals surface area contributed by atoms with Gasteiger partial charge in [-0.25, -0.2) is 4.98 Å². The Hall–Kier alpha value is -1.28. The molecule has 2 rings (SSSR count). The third-order valence-electron chi connectivity index (χ3n) is 2.67. The molecule has 0 aliphatic heterocycles. The Morgan fingerprint density at radius 3 is 2.81 bits per heavy atom. The van der Waals surface area contributed by atoms with E-state index in [0.717, 1.165) is 18.7 Å². The van der Waals surface area contributed by atoms with Crippen LogP contribution in [0.2, 0.25) is 0 Å². The minimum Gasteiger partial charge on any atom is -0.349 e. The van der Waals surface area contributed by atoms with Crippen molar-refractivity contribution >= 4 is 11.6 Å². The summed E-state index contributed by atoms with van der Waals surface area (Å²) in [5.41, 5.74) is 2.61. The van der Waals surface area contributed by atoms with Crippen LogP contribution in [0.25, 0.3) is 0 Å². The average molecular weight is 235 g/mol. The summed E-state index contributed by atoms with van der Waals surface area (Å²) in [6, 6.07) is 8.35. The van der Waals surface area contributed by atoms with E-state index in [1.807, 2.05) is 6.20 Å². The second-order valence-corrected chi connectivity index (χ2v) is 4.59. The number of benzene rings is 1. The molecule has 1 aromatic carbocycles. The van der Waals surface area contributed by atoms with Crippen molar-refractivity contribution in [1.82, 2.24) is 9.97 Å². The van der Waals surface area contributed by atoms with Gasteiger partial charge in [0, 0.05) is 24.2 Å². The molecule has 0 amide bonds. The molecule has 0 saturated carbocycles.